The highest BCUT2D eigenvalue weighted by Gasteiger charge is 2.18. The SMILES string of the molecule is CCNC(c1csc(Br)c1)c1cc(C)sc1C. The molecule has 0 aliphatic heterocycles. The maximum absolute atomic E-state index is 3.58. The molecule has 1 atom stereocenters. The summed E-state index contributed by atoms with van der Waals surface area (Å²) in [7, 11) is 0. The Morgan fingerprint density at radius 1 is 1.35 bits per heavy atom. The summed E-state index contributed by atoms with van der Waals surface area (Å²) in [6.07, 6.45) is 0. The fraction of sp³-hybridized carbons (Fsp3) is 0.385. The number of rotatable bonds is 4. The molecule has 1 nitrogen and oxygen atoms in total. The van der Waals surface area contributed by atoms with E-state index in [1.165, 1.54) is 24.7 Å². The minimum atomic E-state index is 0.326. The Kier molecular flexibility index (Phi) is 4.42. The van der Waals surface area contributed by atoms with Crippen molar-refractivity contribution in [2.75, 3.05) is 6.54 Å². The molecule has 0 radical (unpaired) electrons. The molecule has 4 heteroatoms. The fourth-order valence-electron chi connectivity index (χ4n) is 2.02. The average Bonchev–Trinajstić information content (AvgIpc) is 2.82. The topological polar surface area (TPSA) is 12.0 Å². The second-order valence-corrected chi connectivity index (χ2v) is 7.79. The van der Waals surface area contributed by atoms with E-state index in [-0.39, 0.29) is 0 Å². The molecule has 2 heterocycles. The van der Waals surface area contributed by atoms with E-state index in [0.29, 0.717) is 6.04 Å². The van der Waals surface area contributed by atoms with Crippen molar-refractivity contribution in [3.63, 3.8) is 0 Å². The first-order valence-corrected chi connectivity index (χ1v) is 8.15. The Bertz CT molecular complexity index is 501. The third kappa shape index (κ3) is 2.99. The largest absolute Gasteiger partial charge is 0.306 e. The number of aryl methyl sites for hydroxylation is 2. The molecule has 0 spiro atoms. The summed E-state index contributed by atoms with van der Waals surface area (Å²) in [4.78, 5) is 2.80. The first kappa shape index (κ1) is 13.3. The van der Waals surface area contributed by atoms with Crippen molar-refractivity contribution in [2.24, 2.45) is 0 Å². The molecule has 2 aromatic heterocycles. The highest BCUT2D eigenvalue weighted by molar-refractivity contribution is 9.11. The zero-order chi connectivity index (χ0) is 12.4. The molecule has 0 saturated carbocycles. The van der Waals surface area contributed by atoms with E-state index in [1.54, 1.807) is 11.3 Å². The van der Waals surface area contributed by atoms with Crippen LogP contribution in [0.3, 0.4) is 0 Å². The Labute approximate surface area is 119 Å². The molecule has 0 aliphatic rings. The van der Waals surface area contributed by atoms with Gasteiger partial charge in [0.25, 0.3) is 0 Å². The van der Waals surface area contributed by atoms with E-state index in [0.717, 1.165) is 6.54 Å². The zero-order valence-electron chi connectivity index (χ0n) is 10.2. The average molecular weight is 330 g/mol. The normalized spacial score (nSPS) is 12.9. The molecule has 0 aromatic carbocycles. The van der Waals surface area contributed by atoms with Crippen LogP contribution in [-0.4, -0.2) is 6.54 Å². The van der Waals surface area contributed by atoms with E-state index in [4.69, 9.17) is 0 Å². The molecular weight excluding hydrogens is 314 g/mol. The van der Waals surface area contributed by atoms with Crippen molar-refractivity contribution in [1.82, 2.24) is 5.32 Å². The molecule has 0 saturated heterocycles. The number of hydrogen-bond donors (Lipinski definition) is 1. The van der Waals surface area contributed by atoms with Crippen molar-refractivity contribution < 1.29 is 0 Å². The maximum Gasteiger partial charge on any atom is 0.0701 e. The molecule has 2 rings (SSSR count). The van der Waals surface area contributed by atoms with Crippen LogP contribution < -0.4 is 5.32 Å². The Morgan fingerprint density at radius 3 is 2.59 bits per heavy atom. The zero-order valence-corrected chi connectivity index (χ0v) is 13.4. The number of nitrogens with one attached hydrogen (secondary N) is 1. The van der Waals surface area contributed by atoms with Crippen LogP contribution in [0.5, 0.6) is 0 Å². The summed E-state index contributed by atoms with van der Waals surface area (Å²) in [6.45, 7) is 7.52. The van der Waals surface area contributed by atoms with E-state index >= 15 is 0 Å². The second-order valence-electron chi connectivity index (χ2n) is 4.04. The summed E-state index contributed by atoms with van der Waals surface area (Å²) in [5.74, 6) is 0. The summed E-state index contributed by atoms with van der Waals surface area (Å²) in [5.41, 5.74) is 2.77. The van der Waals surface area contributed by atoms with Crippen LogP contribution in [0.15, 0.2) is 21.3 Å². The van der Waals surface area contributed by atoms with Crippen LogP contribution >= 0.6 is 38.6 Å². The van der Waals surface area contributed by atoms with Crippen molar-refractivity contribution in [2.45, 2.75) is 26.8 Å². The first-order valence-electron chi connectivity index (χ1n) is 5.66. The van der Waals surface area contributed by atoms with Gasteiger partial charge in [-0.15, -0.1) is 22.7 Å². The summed E-state index contributed by atoms with van der Waals surface area (Å²) in [5, 5.41) is 5.80. The minimum Gasteiger partial charge on any atom is -0.306 e. The van der Waals surface area contributed by atoms with Gasteiger partial charge in [0.15, 0.2) is 0 Å². The number of hydrogen-bond acceptors (Lipinski definition) is 3. The van der Waals surface area contributed by atoms with Crippen molar-refractivity contribution in [3.8, 4) is 0 Å². The predicted octanol–water partition coefficient (Wildman–Crippen LogP) is 4.89. The van der Waals surface area contributed by atoms with Crippen LogP contribution in [0.1, 0.15) is 33.8 Å². The van der Waals surface area contributed by atoms with Gasteiger partial charge in [-0.05, 0) is 65.0 Å². The molecule has 0 aliphatic carbocycles. The monoisotopic (exact) mass is 329 g/mol. The number of thiophene rings is 2. The first-order chi connectivity index (χ1) is 8.11. The Hall–Kier alpha value is -0.160. The summed E-state index contributed by atoms with van der Waals surface area (Å²) >= 11 is 7.16. The lowest BCUT2D eigenvalue weighted by molar-refractivity contribution is 0.631. The lowest BCUT2D eigenvalue weighted by Gasteiger charge is -2.16. The van der Waals surface area contributed by atoms with E-state index in [2.05, 4.69) is 59.5 Å². The van der Waals surface area contributed by atoms with Gasteiger partial charge in [0.2, 0.25) is 0 Å². The molecule has 92 valence electrons. The van der Waals surface area contributed by atoms with Crippen molar-refractivity contribution >= 4 is 38.6 Å². The van der Waals surface area contributed by atoms with Crippen molar-refractivity contribution in [3.05, 3.63) is 42.2 Å². The maximum atomic E-state index is 3.58. The molecule has 1 N–H and O–H groups in total. The van der Waals surface area contributed by atoms with Gasteiger partial charge < -0.3 is 5.32 Å². The Morgan fingerprint density at radius 2 is 2.12 bits per heavy atom. The summed E-state index contributed by atoms with van der Waals surface area (Å²) in [6, 6.07) is 4.84. The van der Waals surface area contributed by atoms with Gasteiger partial charge in [-0.25, -0.2) is 0 Å². The quantitative estimate of drug-likeness (QED) is 0.842. The van der Waals surface area contributed by atoms with Gasteiger partial charge in [0.1, 0.15) is 0 Å². The molecule has 0 bridgehead atoms. The smallest absolute Gasteiger partial charge is 0.0701 e. The van der Waals surface area contributed by atoms with Gasteiger partial charge in [-0.1, -0.05) is 6.92 Å². The Balaban J connectivity index is 2.38. The highest BCUT2D eigenvalue weighted by atomic mass is 79.9. The van der Waals surface area contributed by atoms with E-state index in [1.807, 2.05) is 11.3 Å². The summed E-state index contributed by atoms with van der Waals surface area (Å²) < 4.78 is 1.19. The minimum absolute atomic E-state index is 0.326. The molecule has 2 aromatic rings. The third-order valence-electron chi connectivity index (χ3n) is 2.72. The van der Waals surface area contributed by atoms with Gasteiger partial charge >= 0.3 is 0 Å². The highest BCUT2D eigenvalue weighted by Crippen LogP contribution is 2.33. The van der Waals surface area contributed by atoms with E-state index in [9.17, 15) is 0 Å². The van der Waals surface area contributed by atoms with Crippen molar-refractivity contribution in [1.29, 1.82) is 0 Å². The van der Waals surface area contributed by atoms with Crippen LogP contribution in [0, 0.1) is 13.8 Å². The third-order valence-corrected chi connectivity index (χ3v) is 5.22. The van der Waals surface area contributed by atoms with E-state index < -0.39 is 0 Å². The lowest BCUT2D eigenvalue weighted by Crippen LogP contribution is -2.21. The molecule has 0 amide bonds. The predicted molar refractivity (Wildman–Crippen MR) is 81.3 cm³/mol. The standard InChI is InChI=1S/C13H16BrNS2/c1-4-15-13(10-6-12(14)16-7-10)11-5-8(2)17-9(11)3/h5-7,13,15H,4H2,1-3H3. The van der Waals surface area contributed by atoms with Gasteiger partial charge in [0, 0.05) is 9.75 Å². The van der Waals surface area contributed by atoms with Gasteiger partial charge in [-0.3, -0.25) is 0 Å². The van der Waals surface area contributed by atoms with Crippen LogP contribution in [0.2, 0.25) is 0 Å². The molecule has 0 fully saturated rings. The van der Waals surface area contributed by atoms with Gasteiger partial charge in [-0.2, -0.15) is 0 Å². The fourth-order valence-corrected chi connectivity index (χ4v) is 4.19. The number of halogens is 1. The second kappa shape index (κ2) is 5.65. The van der Waals surface area contributed by atoms with Gasteiger partial charge in [0.05, 0.1) is 9.83 Å². The van der Waals surface area contributed by atoms with Crippen LogP contribution in [0.4, 0.5) is 0 Å². The van der Waals surface area contributed by atoms with Crippen LogP contribution in [-0.2, 0) is 0 Å². The molecule has 17 heavy (non-hydrogen) atoms. The molecular formula is C13H16BrNS2. The van der Waals surface area contributed by atoms with Crippen LogP contribution in [0.25, 0.3) is 0 Å². The molecule has 1 unspecified atom stereocenters. The lowest BCUT2D eigenvalue weighted by atomic mass is 10.0.